The summed E-state index contributed by atoms with van der Waals surface area (Å²) in [6.07, 6.45) is 3.86. The normalized spacial score (nSPS) is 14.8. The van der Waals surface area contributed by atoms with Crippen LogP contribution in [0.3, 0.4) is 0 Å². The molecule has 1 aliphatic heterocycles. The predicted octanol–water partition coefficient (Wildman–Crippen LogP) is 6.69. The Bertz CT molecular complexity index is 1140. The number of aryl methyl sites for hydroxylation is 1. The van der Waals surface area contributed by atoms with Gasteiger partial charge in [0, 0.05) is 13.1 Å². The topological polar surface area (TPSA) is 96.8 Å². The van der Waals surface area contributed by atoms with Crippen molar-refractivity contribution in [3.63, 3.8) is 0 Å². The van der Waals surface area contributed by atoms with Crippen molar-refractivity contribution < 1.29 is 23.8 Å². The number of amides is 2. The van der Waals surface area contributed by atoms with Crippen molar-refractivity contribution in [1.82, 2.24) is 14.9 Å². The Morgan fingerprint density at radius 2 is 1.53 bits per heavy atom. The van der Waals surface area contributed by atoms with Crippen molar-refractivity contribution in [1.29, 1.82) is 0 Å². The van der Waals surface area contributed by atoms with E-state index >= 15 is 0 Å². The highest BCUT2D eigenvalue weighted by molar-refractivity contribution is 5.87. The second kappa shape index (κ2) is 12.2. The van der Waals surface area contributed by atoms with Gasteiger partial charge in [-0.15, -0.1) is 0 Å². The zero-order valence-corrected chi connectivity index (χ0v) is 22.1. The average Bonchev–Trinajstić information content (AvgIpc) is 2.90. The van der Waals surface area contributed by atoms with E-state index < -0.39 is 5.60 Å². The van der Waals surface area contributed by atoms with Crippen molar-refractivity contribution in [2.24, 2.45) is 5.92 Å². The highest BCUT2D eigenvalue weighted by atomic mass is 19.1. The minimum absolute atomic E-state index is 0.00888. The van der Waals surface area contributed by atoms with E-state index in [1.54, 1.807) is 4.90 Å². The molecule has 1 saturated heterocycles. The van der Waals surface area contributed by atoms with Gasteiger partial charge >= 0.3 is 6.03 Å². The highest BCUT2D eigenvalue weighted by Crippen LogP contribution is 2.32. The fourth-order valence-corrected chi connectivity index (χ4v) is 4.53. The van der Waals surface area contributed by atoms with E-state index in [0.717, 1.165) is 24.8 Å². The molecule has 9 heteroatoms. The van der Waals surface area contributed by atoms with E-state index in [1.807, 2.05) is 31.2 Å². The number of benzene rings is 2. The molecule has 1 aromatic heterocycles. The van der Waals surface area contributed by atoms with E-state index in [2.05, 4.69) is 29.1 Å². The lowest BCUT2D eigenvalue weighted by atomic mass is 9.81. The maximum atomic E-state index is 13.3. The van der Waals surface area contributed by atoms with Crippen LogP contribution in [0.4, 0.5) is 15.1 Å². The van der Waals surface area contributed by atoms with Gasteiger partial charge in [0.15, 0.2) is 0 Å². The molecular formula is C29H35FN4O4. The first kappa shape index (κ1) is 27.3. The van der Waals surface area contributed by atoms with Gasteiger partial charge in [0.1, 0.15) is 17.3 Å². The van der Waals surface area contributed by atoms with E-state index in [4.69, 9.17) is 9.47 Å². The SMILES string of the molecule is CCC(CC)CC1(O)CCN(C(=O)Nc2nc(Oc3ccc(C)cc3)cc(Oc3ccc(F)cc3)n2)CC1. The molecule has 0 unspecified atom stereocenters. The Morgan fingerprint density at radius 3 is 2.05 bits per heavy atom. The molecule has 0 atom stereocenters. The summed E-state index contributed by atoms with van der Waals surface area (Å²) in [6.45, 7) is 7.13. The van der Waals surface area contributed by atoms with Gasteiger partial charge in [-0.2, -0.15) is 9.97 Å². The van der Waals surface area contributed by atoms with Crippen LogP contribution in [0.25, 0.3) is 0 Å². The smallest absolute Gasteiger partial charge is 0.324 e. The van der Waals surface area contributed by atoms with E-state index in [1.165, 1.54) is 30.3 Å². The molecule has 0 bridgehead atoms. The number of carbonyl (C=O) groups excluding carboxylic acids is 1. The molecule has 2 N–H and O–H groups in total. The van der Waals surface area contributed by atoms with Crippen molar-refractivity contribution >= 4 is 12.0 Å². The molecular weight excluding hydrogens is 487 g/mol. The van der Waals surface area contributed by atoms with Gasteiger partial charge in [-0.05, 0) is 68.5 Å². The molecule has 1 fully saturated rings. The second-order valence-corrected chi connectivity index (χ2v) is 9.87. The molecule has 2 heterocycles. The molecule has 1 aliphatic rings. The fourth-order valence-electron chi connectivity index (χ4n) is 4.53. The fraction of sp³-hybridized carbons (Fsp3) is 0.414. The Labute approximate surface area is 222 Å². The van der Waals surface area contributed by atoms with E-state index in [9.17, 15) is 14.3 Å². The monoisotopic (exact) mass is 522 g/mol. The van der Waals surface area contributed by atoms with Crippen LogP contribution in [0.2, 0.25) is 0 Å². The number of nitrogens with one attached hydrogen (secondary N) is 1. The number of hydrogen-bond acceptors (Lipinski definition) is 6. The Morgan fingerprint density at radius 1 is 1.00 bits per heavy atom. The first-order valence-corrected chi connectivity index (χ1v) is 13.1. The highest BCUT2D eigenvalue weighted by Gasteiger charge is 2.35. The summed E-state index contributed by atoms with van der Waals surface area (Å²) in [7, 11) is 0. The van der Waals surface area contributed by atoms with Gasteiger partial charge in [-0.1, -0.05) is 44.4 Å². The molecule has 0 aliphatic carbocycles. The zero-order valence-electron chi connectivity index (χ0n) is 22.1. The largest absolute Gasteiger partial charge is 0.439 e. The summed E-state index contributed by atoms with van der Waals surface area (Å²) in [6, 6.07) is 14.1. The van der Waals surface area contributed by atoms with Gasteiger partial charge < -0.3 is 19.5 Å². The number of piperidine rings is 1. The van der Waals surface area contributed by atoms with Crippen LogP contribution in [-0.2, 0) is 0 Å². The third-order valence-electron chi connectivity index (χ3n) is 6.98. The predicted molar refractivity (Wildman–Crippen MR) is 143 cm³/mol. The third-order valence-corrected chi connectivity index (χ3v) is 6.98. The van der Waals surface area contributed by atoms with Crippen molar-refractivity contribution in [3.8, 4) is 23.3 Å². The maximum absolute atomic E-state index is 13.3. The number of carbonyl (C=O) groups is 1. The van der Waals surface area contributed by atoms with Crippen LogP contribution in [0.15, 0.2) is 54.6 Å². The number of nitrogens with zero attached hydrogens (tertiary/aromatic N) is 3. The van der Waals surface area contributed by atoms with Crippen LogP contribution in [0, 0.1) is 18.7 Å². The summed E-state index contributed by atoms with van der Waals surface area (Å²) < 4.78 is 25.0. The van der Waals surface area contributed by atoms with Crippen LogP contribution in [0.5, 0.6) is 23.3 Å². The van der Waals surface area contributed by atoms with Gasteiger partial charge in [-0.3, -0.25) is 5.32 Å². The molecule has 0 radical (unpaired) electrons. The molecule has 202 valence electrons. The molecule has 8 nitrogen and oxygen atoms in total. The molecule has 3 aromatic rings. The first-order valence-electron chi connectivity index (χ1n) is 13.1. The van der Waals surface area contributed by atoms with Crippen LogP contribution in [0.1, 0.15) is 51.5 Å². The van der Waals surface area contributed by atoms with E-state index in [-0.39, 0.29) is 29.6 Å². The Hall–Kier alpha value is -3.72. The zero-order chi connectivity index (χ0) is 27.1. The number of hydrogen-bond donors (Lipinski definition) is 2. The lowest BCUT2D eigenvalue weighted by molar-refractivity contribution is -0.0309. The van der Waals surface area contributed by atoms with Crippen molar-refractivity contribution in [2.75, 3.05) is 18.4 Å². The first-order chi connectivity index (χ1) is 18.2. The third kappa shape index (κ3) is 7.41. The number of anilines is 1. The van der Waals surface area contributed by atoms with E-state index in [0.29, 0.717) is 43.3 Å². The number of urea groups is 1. The standard InChI is InChI=1S/C29H35FN4O4/c1-4-21(5-2)19-29(36)14-16-34(17-15-29)28(35)33-27-31-25(37-23-10-6-20(3)7-11-23)18-26(32-27)38-24-12-8-22(30)9-13-24/h6-13,18,21,36H,4-5,14-17,19H2,1-3H3,(H,31,32,33,35). The van der Waals surface area contributed by atoms with Gasteiger partial charge in [0.05, 0.1) is 11.7 Å². The summed E-state index contributed by atoms with van der Waals surface area (Å²) in [5, 5.41) is 13.8. The van der Waals surface area contributed by atoms with Gasteiger partial charge in [0.25, 0.3) is 0 Å². The molecule has 4 rings (SSSR count). The number of aliphatic hydroxyl groups is 1. The summed E-state index contributed by atoms with van der Waals surface area (Å²) in [4.78, 5) is 23.4. The number of likely N-dealkylation sites (tertiary alicyclic amines) is 1. The van der Waals surface area contributed by atoms with Crippen molar-refractivity contribution in [3.05, 3.63) is 66.0 Å². The second-order valence-electron chi connectivity index (χ2n) is 9.87. The maximum Gasteiger partial charge on any atom is 0.324 e. The number of ether oxygens (including phenoxy) is 2. The average molecular weight is 523 g/mol. The molecule has 0 saturated carbocycles. The quantitative estimate of drug-likeness (QED) is 0.325. The summed E-state index contributed by atoms with van der Waals surface area (Å²) in [5.41, 5.74) is 0.337. The van der Waals surface area contributed by atoms with Crippen molar-refractivity contribution in [2.45, 2.75) is 58.5 Å². The molecule has 2 aromatic carbocycles. The van der Waals surface area contributed by atoms with Crippen LogP contribution in [-0.4, -0.2) is 44.7 Å². The molecule has 2 amide bonds. The minimum Gasteiger partial charge on any atom is -0.439 e. The molecule has 38 heavy (non-hydrogen) atoms. The Kier molecular flexibility index (Phi) is 8.78. The Balaban J connectivity index is 1.48. The lowest BCUT2D eigenvalue weighted by Gasteiger charge is -2.39. The summed E-state index contributed by atoms with van der Waals surface area (Å²) in [5.74, 6) is 1.34. The number of rotatable bonds is 9. The molecule has 0 spiro atoms. The van der Waals surface area contributed by atoms with Crippen LogP contribution < -0.4 is 14.8 Å². The van der Waals surface area contributed by atoms with Gasteiger partial charge in [-0.25, -0.2) is 9.18 Å². The van der Waals surface area contributed by atoms with Gasteiger partial charge in [0.2, 0.25) is 17.7 Å². The minimum atomic E-state index is -0.748. The number of aromatic nitrogens is 2. The number of halogens is 1. The van der Waals surface area contributed by atoms with Crippen LogP contribution >= 0.6 is 0 Å². The summed E-state index contributed by atoms with van der Waals surface area (Å²) >= 11 is 0. The lowest BCUT2D eigenvalue weighted by Crippen LogP contribution is -2.48.